The Balaban J connectivity index is 1.96. The van der Waals surface area contributed by atoms with Gasteiger partial charge in [-0.2, -0.15) is 4.52 Å². The number of rotatable bonds is 8. The van der Waals surface area contributed by atoms with E-state index in [1.807, 2.05) is 28.8 Å². The lowest BCUT2D eigenvalue weighted by atomic mass is 10.2. The van der Waals surface area contributed by atoms with E-state index in [4.69, 9.17) is 5.10 Å². The summed E-state index contributed by atoms with van der Waals surface area (Å²) in [5, 5.41) is 20.5. The second-order valence-corrected chi connectivity index (χ2v) is 6.89. The van der Waals surface area contributed by atoms with Crippen LogP contribution < -0.4 is 10.6 Å². The first-order chi connectivity index (χ1) is 12.6. The SMILES string of the molecule is CCC(CC)Nc1cc(NCc2ccccc2)c2nnc(C(C)C)n2n1. The minimum Gasteiger partial charge on any atom is -0.378 e. The molecule has 3 aromatic rings. The van der Waals surface area contributed by atoms with Gasteiger partial charge in [-0.25, -0.2) is 0 Å². The average Bonchev–Trinajstić information content (AvgIpc) is 3.09. The third-order valence-corrected chi connectivity index (χ3v) is 4.57. The lowest BCUT2D eigenvalue weighted by Gasteiger charge is -2.17. The molecule has 6 nitrogen and oxygen atoms in total. The first kappa shape index (κ1) is 18.2. The molecule has 2 N–H and O–H groups in total. The summed E-state index contributed by atoms with van der Waals surface area (Å²) in [7, 11) is 0. The van der Waals surface area contributed by atoms with E-state index in [1.54, 1.807) is 0 Å². The molecule has 1 aromatic carbocycles. The van der Waals surface area contributed by atoms with Crippen molar-refractivity contribution in [3.05, 3.63) is 47.8 Å². The Morgan fingerprint density at radius 1 is 1.04 bits per heavy atom. The number of fused-ring (bicyclic) bond motifs is 1. The van der Waals surface area contributed by atoms with Gasteiger partial charge in [-0.1, -0.05) is 58.0 Å². The molecule has 0 radical (unpaired) electrons. The van der Waals surface area contributed by atoms with Crippen LogP contribution in [0.25, 0.3) is 5.65 Å². The summed E-state index contributed by atoms with van der Waals surface area (Å²) in [5.41, 5.74) is 2.93. The second-order valence-electron chi connectivity index (χ2n) is 6.89. The maximum atomic E-state index is 4.75. The van der Waals surface area contributed by atoms with Gasteiger partial charge in [0.2, 0.25) is 5.65 Å². The first-order valence-corrected chi connectivity index (χ1v) is 9.43. The zero-order valence-electron chi connectivity index (χ0n) is 16.0. The van der Waals surface area contributed by atoms with Crippen LogP contribution in [0.5, 0.6) is 0 Å². The van der Waals surface area contributed by atoms with Crippen molar-refractivity contribution in [1.82, 2.24) is 19.8 Å². The Labute approximate surface area is 155 Å². The predicted octanol–water partition coefficient (Wildman–Crippen LogP) is 4.46. The van der Waals surface area contributed by atoms with E-state index in [9.17, 15) is 0 Å². The zero-order chi connectivity index (χ0) is 18.5. The van der Waals surface area contributed by atoms with Gasteiger partial charge in [0.1, 0.15) is 5.82 Å². The van der Waals surface area contributed by atoms with Crippen molar-refractivity contribution in [2.45, 2.75) is 59.0 Å². The maximum absolute atomic E-state index is 4.75. The number of benzene rings is 1. The van der Waals surface area contributed by atoms with Crippen LogP contribution in [-0.4, -0.2) is 25.9 Å². The Bertz CT molecular complexity index is 836. The van der Waals surface area contributed by atoms with Gasteiger partial charge < -0.3 is 10.6 Å². The van der Waals surface area contributed by atoms with Gasteiger partial charge in [0.05, 0.1) is 5.69 Å². The number of nitrogens with zero attached hydrogens (tertiary/aromatic N) is 4. The average molecular weight is 352 g/mol. The fourth-order valence-corrected chi connectivity index (χ4v) is 2.95. The van der Waals surface area contributed by atoms with Crippen LogP contribution in [0.4, 0.5) is 11.5 Å². The fraction of sp³-hybridized carbons (Fsp3) is 0.450. The molecule has 138 valence electrons. The van der Waals surface area contributed by atoms with Crippen molar-refractivity contribution in [2.75, 3.05) is 10.6 Å². The monoisotopic (exact) mass is 352 g/mol. The highest BCUT2D eigenvalue weighted by molar-refractivity contribution is 5.70. The second kappa shape index (κ2) is 8.17. The van der Waals surface area contributed by atoms with Crippen LogP contribution in [-0.2, 0) is 6.54 Å². The molecule has 0 amide bonds. The molecular formula is C20H28N6. The van der Waals surface area contributed by atoms with Gasteiger partial charge in [-0.05, 0) is 18.4 Å². The summed E-state index contributed by atoms with van der Waals surface area (Å²) < 4.78 is 1.86. The lowest BCUT2D eigenvalue weighted by molar-refractivity contribution is 0.661. The van der Waals surface area contributed by atoms with Crippen LogP contribution in [0.3, 0.4) is 0 Å². The van der Waals surface area contributed by atoms with Crippen LogP contribution >= 0.6 is 0 Å². The molecule has 0 aliphatic rings. The highest BCUT2D eigenvalue weighted by Gasteiger charge is 2.16. The van der Waals surface area contributed by atoms with Crippen molar-refractivity contribution in [1.29, 1.82) is 0 Å². The summed E-state index contributed by atoms with van der Waals surface area (Å²) in [6.45, 7) is 9.32. The summed E-state index contributed by atoms with van der Waals surface area (Å²) in [6, 6.07) is 12.8. The highest BCUT2D eigenvalue weighted by Crippen LogP contribution is 2.23. The Kier molecular flexibility index (Phi) is 5.71. The standard InChI is InChI=1S/C20H28N6/c1-5-16(6-2)22-18-12-17(21-13-15-10-8-7-9-11-15)20-24-23-19(14(3)4)26(20)25-18/h7-12,14,16,21H,5-6,13H2,1-4H3,(H,22,25). The largest absolute Gasteiger partial charge is 0.378 e. The Morgan fingerprint density at radius 3 is 2.42 bits per heavy atom. The van der Waals surface area contributed by atoms with Gasteiger partial charge >= 0.3 is 0 Å². The van der Waals surface area contributed by atoms with E-state index in [-0.39, 0.29) is 5.92 Å². The smallest absolute Gasteiger partial charge is 0.201 e. The first-order valence-electron chi connectivity index (χ1n) is 9.43. The molecule has 0 bridgehead atoms. The van der Waals surface area contributed by atoms with E-state index in [1.165, 1.54) is 5.56 Å². The minimum absolute atomic E-state index is 0.253. The van der Waals surface area contributed by atoms with E-state index in [2.05, 4.69) is 60.7 Å². The third kappa shape index (κ3) is 3.95. The number of aromatic nitrogens is 4. The Hall–Kier alpha value is -2.63. The van der Waals surface area contributed by atoms with Gasteiger partial charge in [0.15, 0.2) is 5.82 Å². The number of nitrogens with one attached hydrogen (secondary N) is 2. The van der Waals surface area contributed by atoms with E-state index < -0.39 is 0 Å². The van der Waals surface area contributed by atoms with Crippen molar-refractivity contribution in [3.8, 4) is 0 Å². The van der Waals surface area contributed by atoms with Crippen molar-refractivity contribution in [2.24, 2.45) is 0 Å². The summed E-state index contributed by atoms with van der Waals surface area (Å²) >= 11 is 0. The van der Waals surface area contributed by atoms with E-state index >= 15 is 0 Å². The van der Waals surface area contributed by atoms with E-state index in [0.717, 1.165) is 42.4 Å². The molecule has 0 atom stereocenters. The van der Waals surface area contributed by atoms with Gasteiger partial charge in [0, 0.05) is 24.6 Å². The fourth-order valence-electron chi connectivity index (χ4n) is 2.95. The molecule has 0 aliphatic heterocycles. The normalized spacial score (nSPS) is 11.5. The van der Waals surface area contributed by atoms with Crippen LogP contribution in [0.2, 0.25) is 0 Å². The minimum atomic E-state index is 0.253. The van der Waals surface area contributed by atoms with Gasteiger partial charge in [-0.3, -0.25) is 0 Å². The van der Waals surface area contributed by atoms with Crippen molar-refractivity contribution in [3.63, 3.8) is 0 Å². The molecule has 26 heavy (non-hydrogen) atoms. The molecule has 0 saturated carbocycles. The molecule has 0 spiro atoms. The molecule has 0 aliphatic carbocycles. The molecule has 0 fully saturated rings. The van der Waals surface area contributed by atoms with Crippen LogP contribution in [0, 0.1) is 0 Å². The highest BCUT2D eigenvalue weighted by atomic mass is 15.4. The van der Waals surface area contributed by atoms with Crippen molar-refractivity contribution >= 4 is 17.2 Å². The summed E-state index contributed by atoms with van der Waals surface area (Å²) in [6.07, 6.45) is 2.12. The molecule has 2 aromatic heterocycles. The number of hydrogen-bond donors (Lipinski definition) is 2. The third-order valence-electron chi connectivity index (χ3n) is 4.57. The van der Waals surface area contributed by atoms with E-state index in [0.29, 0.717) is 6.04 Å². The predicted molar refractivity (Wildman–Crippen MR) is 107 cm³/mol. The van der Waals surface area contributed by atoms with Gasteiger partial charge in [0.25, 0.3) is 0 Å². The van der Waals surface area contributed by atoms with Crippen LogP contribution in [0.15, 0.2) is 36.4 Å². The lowest BCUT2D eigenvalue weighted by Crippen LogP contribution is -2.19. The molecule has 6 heteroatoms. The van der Waals surface area contributed by atoms with Crippen molar-refractivity contribution < 1.29 is 0 Å². The number of hydrogen-bond acceptors (Lipinski definition) is 5. The zero-order valence-corrected chi connectivity index (χ0v) is 16.0. The topological polar surface area (TPSA) is 67.1 Å². The Morgan fingerprint density at radius 2 is 1.77 bits per heavy atom. The summed E-state index contributed by atoms with van der Waals surface area (Å²) in [4.78, 5) is 0. The molecule has 0 unspecified atom stereocenters. The van der Waals surface area contributed by atoms with Crippen LogP contribution in [0.1, 0.15) is 57.8 Å². The molecule has 3 rings (SSSR count). The number of anilines is 2. The van der Waals surface area contributed by atoms with Gasteiger partial charge in [-0.15, -0.1) is 15.3 Å². The molecule has 0 saturated heterocycles. The molecular weight excluding hydrogens is 324 g/mol. The maximum Gasteiger partial charge on any atom is 0.201 e. The quantitative estimate of drug-likeness (QED) is 0.626. The summed E-state index contributed by atoms with van der Waals surface area (Å²) in [5.74, 6) is 1.97. The molecule has 2 heterocycles.